The Morgan fingerprint density at radius 2 is 2.00 bits per heavy atom. The van der Waals surface area contributed by atoms with Gasteiger partial charge in [-0.15, -0.1) is 0 Å². The molecule has 1 N–H and O–H groups in total. The van der Waals surface area contributed by atoms with Crippen molar-refractivity contribution in [3.8, 4) is 0 Å². The van der Waals surface area contributed by atoms with E-state index in [9.17, 15) is 9.59 Å². The van der Waals surface area contributed by atoms with Gasteiger partial charge in [-0.05, 0) is 37.8 Å². The summed E-state index contributed by atoms with van der Waals surface area (Å²) in [5.41, 5.74) is 0.340. The second-order valence-electron chi connectivity index (χ2n) is 7.27. The number of benzene rings is 1. The average molecular weight is 408 g/mol. The van der Waals surface area contributed by atoms with Gasteiger partial charge >= 0.3 is 5.97 Å². The predicted molar refractivity (Wildman–Crippen MR) is 104 cm³/mol. The van der Waals surface area contributed by atoms with Crippen molar-refractivity contribution >= 4 is 34.4 Å². The van der Waals surface area contributed by atoms with Gasteiger partial charge in [0.1, 0.15) is 6.61 Å². The van der Waals surface area contributed by atoms with Crippen molar-refractivity contribution in [2.45, 2.75) is 43.9 Å². The SMILES string of the molecule is O=C(O)COCCOC1CC2CCC(C1)N2c1cc(=O)c2cccc(Cl)c2o1. The maximum atomic E-state index is 12.5. The lowest BCUT2D eigenvalue weighted by Gasteiger charge is -2.39. The molecule has 0 spiro atoms. The summed E-state index contributed by atoms with van der Waals surface area (Å²) in [6.45, 7) is 0.328. The van der Waals surface area contributed by atoms with Gasteiger partial charge in [0.25, 0.3) is 0 Å². The van der Waals surface area contributed by atoms with Crippen LogP contribution in [0.3, 0.4) is 0 Å². The van der Waals surface area contributed by atoms with Crippen LogP contribution in [0.5, 0.6) is 0 Å². The molecule has 2 aliphatic heterocycles. The van der Waals surface area contributed by atoms with E-state index in [-0.39, 0.29) is 36.8 Å². The van der Waals surface area contributed by atoms with Crippen LogP contribution in [0.1, 0.15) is 25.7 Å². The Morgan fingerprint density at radius 1 is 1.25 bits per heavy atom. The molecule has 2 aromatic rings. The molecule has 2 unspecified atom stereocenters. The number of carboxylic acids is 1. The number of aliphatic carboxylic acids is 1. The molecule has 4 rings (SSSR count). The van der Waals surface area contributed by atoms with Crippen LogP contribution in [0, 0.1) is 0 Å². The molecule has 2 bridgehead atoms. The summed E-state index contributed by atoms with van der Waals surface area (Å²) in [7, 11) is 0. The first kappa shape index (κ1) is 19.2. The predicted octanol–water partition coefficient (Wildman–Crippen LogP) is 3.06. The molecule has 0 saturated carbocycles. The maximum Gasteiger partial charge on any atom is 0.329 e. The van der Waals surface area contributed by atoms with Crippen LogP contribution in [0.4, 0.5) is 5.88 Å². The minimum Gasteiger partial charge on any atom is -0.480 e. The summed E-state index contributed by atoms with van der Waals surface area (Å²) in [5.74, 6) is -0.412. The Morgan fingerprint density at radius 3 is 2.71 bits per heavy atom. The molecule has 0 aliphatic carbocycles. The van der Waals surface area contributed by atoms with Crippen LogP contribution in [0.15, 0.2) is 33.5 Å². The van der Waals surface area contributed by atoms with Gasteiger partial charge in [0.05, 0.1) is 29.7 Å². The first-order chi connectivity index (χ1) is 13.5. The zero-order valence-electron chi connectivity index (χ0n) is 15.3. The fourth-order valence-corrected chi connectivity index (χ4v) is 4.53. The van der Waals surface area contributed by atoms with Crippen molar-refractivity contribution in [1.82, 2.24) is 0 Å². The number of hydrogen-bond donors (Lipinski definition) is 1. The van der Waals surface area contributed by atoms with Crippen molar-refractivity contribution in [3.05, 3.63) is 39.5 Å². The third-order valence-electron chi connectivity index (χ3n) is 5.44. The average Bonchev–Trinajstić information content (AvgIpc) is 2.92. The summed E-state index contributed by atoms with van der Waals surface area (Å²) in [6.07, 6.45) is 3.80. The lowest BCUT2D eigenvalue weighted by molar-refractivity contribution is -0.143. The molecule has 0 radical (unpaired) electrons. The fraction of sp³-hybridized carbons (Fsp3) is 0.500. The number of rotatable bonds is 7. The van der Waals surface area contributed by atoms with E-state index >= 15 is 0 Å². The van der Waals surface area contributed by atoms with Crippen LogP contribution in [0.25, 0.3) is 11.0 Å². The highest BCUT2D eigenvalue weighted by molar-refractivity contribution is 6.34. The van der Waals surface area contributed by atoms with E-state index in [4.69, 9.17) is 30.6 Å². The second kappa shape index (κ2) is 8.11. The number of fused-ring (bicyclic) bond motifs is 3. The third-order valence-corrected chi connectivity index (χ3v) is 5.74. The Labute approximate surface area is 166 Å². The molecule has 2 saturated heterocycles. The Hall–Kier alpha value is -2.09. The highest BCUT2D eigenvalue weighted by Gasteiger charge is 2.42. The minimum atomic E-state index is -0.983. The monoisotopic (exact) mass is 407 g/mol. The molecule has 8 heteroatoms. The number of ether oxygens (including phenoxy) is 2. The Kier molecular flexibility index (Phi) is 5.57. The number of para-hydroxylation sites is 1. The number of piperidine rings is 1. The van der Waals surface area contributed by atoms with Crippen LogP contribution >= 0.6 is 11.6 Å². The van der Waals surface area contributed by atoms with Gasteiger partial charge in [0.2, 0.25) is 5.88 Å². The highest BCUT2D eigenvalue weighted by atomic mass is 35.5. The summed E-state index contributed by atoms with van der Waals surface area (Å²) >= 11 is 6.23. The molecule has 0 amide bonds. The van der Waals surface area contributed by atoms with Crippen molar-refractivity contribution in [1.29, 1.82) is 0 Å². The highest BCUT2D eigenvalue weighted by Crippen LogP contribution is 2.40. The number of anilines is 1. The van der Waals surface area contributed by atoms with Crippen molar-refractivity contribution in [3.63, 3.8) is 0 Å². The van der Waals surface area contributed by atoms with E-state index < -0.39 is 5.97 Å². The number of carbonyl (C=O) groups is 1. The second-order valence-corrected chi connectivity index (χ2v) is 7.68. The van der Waals surface area contributed by atoms with Crippen molar-refractivity contribution in [2.24, 2.45) is 0 Å². The van der Waals surface area contributed by atoms with Gasteiger partial charge < -0.3 is 23.9 Å². The van der Waals surface area contributed by atoms with Gasteiger partial charge in [-0.25, -0.2) is 4.79 Å². The standard InChI is InChI=1S/C20H22ClNO6/c21-16-3-1-2-15-17(23)10-18(28-20(15)16)22-12-4-5-13(22)9-14(8-12)27-7-6-26-11-19(24)25/h1-3,10,12-14H,4-9,11H2,(H,24,25). The first-order valence-corrected chi connectivity index (χ1v) is 9.82. The molecular weight excluding hydrogens is 386 g/mol. The third kappa shape index (κ3) is 3.87. The Balaban J connectivity index is 1.44. The molecular formula is C20H22ClNO6. The molecule has 2 atom stereocenters. The van der Waals surface area contributed by atoms with Crippen molar-refractivity contribution < 1.29 is 23.8 Å². The van der Waals surface area contributed by atoms with Gasteiger partial charge in [0, 0.05) is 18.2 Å². The fourth-order valence-electron chi connectivity index (χ4n) is 4.31. The van der Waals surface area contributed by atoms with E-state index in [1.54, 1.807) is 24.3 Å². The summed E-state index contributed by atoms with van der Waals surface area (Å²) in [4.78, 5) is 25.2. The van der Waals surface area contributed by atoms with E-state index in [0.29, 0.717) is 28.5 Å². The zero-order valence-corrected chi connectivity index (χ0v) is 16.1. The lowest BCUT2D eigenvalue weighted by Crippen LogP contribution is -2.46. The molecule has 2 aliphatic rings. The maximum absolute atomic E-state index is 12.5. The van der Waals surface area contributed by atoms with Crippen LogP contribution < -0.4 is 10.3 Å². The molecule has 7 nitrogen and oxygen atoms in total. The molecule has 2 fully saturated rings. The van der Waals surface area contributed by atoms with E-state index in [1.165, 1.54) is 0 Å². The number of hydrogen-bond acceptors (Lipinski definition) is 6. The molecule has 1 aromatic carbocycles. The number of carboxylic acid groups (broad SMARTS) is 1. The summed E-state index contributed by atoms with van der Waals surface area (Å²) < 4.78 is 16.9. The van der Waals surface area contributed by atoms with Gasteiger partial charge in [-0.1, -0.05) is 17.7 Å². The van der Waals surface area contributed by atoms with E-state index in [2.05, 4.69) is 4.90 Å². The molecule has 150 valence electrons. The van der Waals surface area contributed by atoms with Crippen LogP contribution in [0.2, 0.25) is 5.02 Å². The van der Waals surface area contributed by atoms with Gasteiger partial charge in [-0.2, -0.15) is 0 Å². The van der Waals surface area contributed by atoms with E-state index in [1.807, 2.05) is 0 Å². The summed E-state index contributed by atoms with van der Waals surface area (Å²) in [5, 5.41) is 9.49. The van der Waals surface area contributed by atoms with E-state index in [0.717, 1.165) is 25.7 Å². The van der Waals surface area contributed by atoms with Gasteiger partial charge in [-0.3, -0.25) is 4.79 Å². The van der Waals surface area contributed by atoms with Crippen molar-refractivity contribution in [2.75, 3.05) is 24.7 Å². The van der Waals surface area contributed by atoms with Crippen LogP contribution in [-0.4, -0.2) is 49.1 Å². The zero-order chi connectivity index (χ0) is 19.7. The minimum absolute atomic E-state index is 0.0906. The lowest BCUT2D eigenvalue weighted by atomic mass is 9.99. The summed E-state index contributed by atoms with van der Waals surface area (Å²) in [6, 6.07) is 7.23. The quantitative estimate of drug-likeness (QED) is 0.705. The normalized spacial score (nSPS) is 24.0. The van der Waals surface area contributed by atoms with Gasteiger partial charge in [0.15, 0.2) is 11.0 Å². The topological polar surface area (TPSA) is 89.2 Å². The number of halogens is 1. The smallest absolute Gasteiger partial charge is 0.329 e. The number of nitrogens with zero attached hydrogens (tertiary/aromatic N) is 1. The molecule has 3 heterocycles. The molecule has 1 aromatic heterocycles. The first-order valence-electron chi connectivity index (χ1n) is 9.45. The Bertz CT molecular complexity index is 915. The van der Waals surface area contributed by atoms with Crippen LogP contribution in [-0.2, 0) is 14.3 Å². The molecule has 28 heavy (non-hydrogen) atoms. The largest absolute Gasteiger partial charge is 0.480 e.